The minimum absolute atomic E-state index is 0.254. The van der Waals surface area contributed by atoms with E-state index in [0.29, 0.717) is 19.3 Å². The fourth-order valence-electron chi connectivity index (χ4n) is 3.73. The molecule has 2 aliphatic rings. The Morgan fingerprint density at radius 3 is 2.50 bits per heavy atom. The maximum atomic E-state index is 12.9. The second-order valence-electron chi connectivity index (χ2n) is 8.36. The predicted molar refractivity (Wildman–Crippen MR) is 100 cm³/mol. The van der Waals surface area contributed by atoms with Crippen LogP contribution in [0, 0.1) is 5.92 Å². The van der Waals surface area contributed by atoms with Gasteiger partial charge in [-0.1, -0.05) is 0 Å². The molecule has 5 atom stereocenters. The van der Waals surface area contributed by atoms with Crippen molar-refractivity contribution in [1.82, 2.24) is 15.5 Å². The van der Waals surface area contributed by atoms with Crippen LogP contribution in [0.2, 0.25) is 0 Å². The third kappa shape index (κ3) is 4.95. The zero-order chi connectivity index (χ0) is 21.2. The predicted octanol–water partition coefficient (Wildman–Crippen LogP) is -1.59. The second-order valence-corrected chi connectivity index (χ2v) is 8.36. The van der Waals surface area contributed by atoms with Gasteiger partial charge in [0.05, 0.1) is 5.94 Å². The molecule has 2 rings (SSSR count). The molecule has 0 bridgehead atoms. The summed E-state index contributed by atoms with van der Waals surface area (Å²) in [6, 6.07) is -2.22. The number of piperidine rings is 1. The molecule has 156 valence electrons. The van der Waals surface area contributed by atoms with Crippen molar-refractivity contribution in [3.8, 4) is 0 Å². The Morgan fingerprint density at radius 1 is 1.32 bits per heavy atom. The summed E-state index contributed by atoms with van der Waals surface area (Å²) in [7, 11) is 1.44. The Kier molecular flexibility index (Phi) is 6.58. The molecule has 11 heteroatoms. The Morgan fingerprint density at radius 2 is 1.96 bits per heavy atom. The average Bonchev–Trinajstić information content (AvgIpc) is 2.99. The lowest BCUT2D eigenvalue weighted by atomic mass is 9.86. The number of fused-ring (bicyclic) bond motifs is 1. The van der Waals surface area contributed by atoms with Crippen LogP contribution >= 0.6 is 0 Å². The van der Waals surface area contributed by atoms with Crippen molar-refractivity contribution in [3.05, 3.63) is 0 Å². The Hall–Kier alpha value is -2.30. The van der Waals surface area contributed by atoms with E-state index in [2.05, 4.69) is 10.6 Å². The van der Waals surface area contributed by atoms with Crippen molar-refractivity contribution in [2.45, 2.75) is 69.7 Å². The van der Waals surface area contributed by atoms with E-state index in [9.17, 15) is 29.4 Å². The van der Waals surface area contributed by atoms with Crippen LogP contribution in [0.1, 0.15) is 40.0 Å². The number of hydrogen-bond donors (Lipinski definition) is 4. The first-order valence-corrected chi connectivity index (χ1v) is 9.40. The van der Waals surface area contributed by atoms with E-state index >= 15 is 0 Å². The van der Waals surface area contributed by atoms with E-state index in [4.69, 9.17) is 4.74 Å². The Bertz CT molecular complexity index is 651. The number of nitrogens with zero attached hydrogens (tertiary/aromatic N) is 1. The summed E-state index contributed by atoms with van der Waals surface area (Å²) in [4.78, 5) is 49.9. The number of carboxylic acid groups (broad SMARTS) is 1. The van der Waals surface area contributed by atoms with E-state index in [-0.39, 0.29) is 12.6 Å². The highest BCUT2D eigenvalue weighted by Gasteiger charge is 2.50. The zero-order valence-electron chi connectivity index (χ0n) is 16.6. The van der Waals surface area contributed by atoms with E-state index < -0.39 is 53.4 Å². The van der Waals surface area contributed by atoms with Crippen molar-refractivity contribution in [2.24, 2.45) is 5.92 Å². The molecule has 0 aromatic rings. The zero-order valence-corrected chi connectivity index (χ0v) is 16.6. The van der Waals surface area contributed by atoms with Gasteiger partial charge >= 0.3 is 12.1 Å². The van der Waals surface area contributed by atoms with Crippen LogP contribution in [-0.4, -0.2) is 83.1 Å². The van der Waals surface area contributed by atoms with Crippen LogP contribution in [0.5, 0.6) is 0 Å². The molecule has 2 saturated heterocycles. The smallest absolute Gasteiger partial charge is 0.407 e. The van der Waals surface area contributed by atoms with Gasteiger partial charge < -0.3 is 30.5 Å². The highest BCUT2D eigenvalue weighted by Crippen LogP contribution is 2.35. The topological polar surface area (TPSA) is 145 Å². The van der Waals surface area contributed by atoms with Gasteiger partial charge in [-0.05, 0) is 40.0 Å². The van der Waals surface area contributed by atoms with Crippen molar-refractivity contribution >= 4 is 31.7 Å². The van der Waals surface area contributed by atoms with Gasteiger partial charge in [-0.2, -0.15) is 0 Å². The lowest BCUT2D eigenvalue weighted by molar-refractivity contribution is -0.155. The maximum absolute atomic E-state index is 12.9. The number of aliphatic hydroxyl groups is 1. The third-order valence-corrected chi connectivity index (χ3v) is 5.01. The van der Waals surface area contributed by atoms with Crippen molar-refractivity contribution in [1.29, 1.82) is 0 Å². The van der Waals surface area contributed by atoms with Gasteiger partial charge in [-0.15, -0.1) is 0 Å². The molecule has 2 unspecified atom stereocenters. The molecule has 0 spiro atoms. The standard InChI is InChI=1S/C17H28BN3O7/c1-17(2,3)28-16(27)20-12(18)13(23)19-11-8(7-22)6-9-4-5-10(15(25)26)21(9)14(11)24/h8-12,22H,4-7,18H2,1-3H3,(H,19,23)(H,20,27)(H,25,26)/t8-,9?,10+,11+,12?/m1/s1. The van der Waals surface area contributed by atoms with Gasteiger partial charge in [0.1, 0.15) is 25.5 Å². The number of carbonyl (C=O) groups is 4. The minimum atomic E-state index is -1.08. The van der Waals surface area contributed by atoms with Gasteiger partial charge in [0, 0.05) is 18.6 Å². The summed E-state index contributed by atoms with van der Waals surface area (Å²) < 4.78 is 5.10. The molecule has 0 aromatic carbocycles. The van der Waals surface area contributed by atoms with Gasteiger partial charge in [0.2, 0.25) is 11.8 Å². The number of alkyl carbamates (subject to hydrolysis) is 1. The minimum Gasteiger partial charge on any atom is -0.480 e. The van der Waals surface area contributed by atoms with E-state index in [1.54, 1.807) is 20.8 Å². The number of hydrogen-bond acceptors (Lipinski definition) is 6. The molecule has 0 saturated carbocycles. The fourth-order valence-corrected chi connectivity index (χ4v) is 3.73. The summed E-state index contributed by atoms with van der Waals surface area (Å²) in [6.45, 7) is 4.76. The molecule has 0 aromatic heterocycles. The van der Waals surface area contributed by atoms with E-state index in [0.717, 1.165) is 0 Å². The van der Waals surface area contributed by atoms with Crippen LogP contribution in [0.15, 0.2) is 0 Å². The monoisotopic (exact) mass is 397 g/mol. The summed E-state index contributed by atoms with van der Waals surface area (Å²) in [5.74, 6) is -3.71. The summed E-state index contributed by atoms with van der Waals surface area (Å²) in [5, 5.41) is 24.0. The number of nitrogens with one attached hydrogen (secondary N) is 2. The molecular weight excluding hydrogens is 369 g/mol. The lowest BCUT2D eigenvalue weighted by Gasteiger charge is -2.41. The normalized spacial score (nSPS) is 28.3. The first kappa shape index (κ1) is 22.0. The number of aliphatic carboxylic acids is 1. The molecule has 0 aliphatic carbocycles. The molecule has 28 heavy (non-hydrogen) atoms. The van der Waals surface area contributed by atoms with Crippen molar-refractivity contribution in [2.75, 3.05) is 6.61 Å². The van der Waals surface area contributed by atoms with Crippen LogP contribution < -0.4 is 10.6 Å². The van der Waals surface area contributed by atoms with Crippen LogP contribution in [0.3, 0.4) is 0 Å². The maximum Gasteiger partial charge on any atom is 0.407 e. The van der Waals surface area contributed by atoms with Gasteiger partial charge in [0.15, 0.2) is 0 Å². The number of aliphatic hydroxyl groups excluding tert-OH is 1. The first-order valence-electron chi connectivity index (χ1n) is 9.40. The number of amides is 3. The van der Waals surface area contributed by atoms with Crippen molar-refractivity contribution in [3.63, 3.8) is 0 Å². The van der Waals surface area contributed by atoms with Gasteiger partial charge in [0.25, 0.3) is 0 Å². The fraction of sp³-hybridized carbons (Fsp3) is 0.765. The van der Waals surface area contributed by atoms with Crippen LogP contribution in [0.4, 0.5) is 4.79 Å². The van der Waals surface area contributed by atoms with Gasteiger partial charge in [-0.25, -0.2) is 9.59 Å². The van der Waals surface area contributed by atoms with E-state index in [1.807, 2.05) is 0 Å². The highest BCUT2D eigenvalue weighted by molar-refractivity contribution is 6.25. The average molecular weight is 397 g/mol. The lowest BCUT2D eigenvalue weighted by Crippen LogP contribution is -2.63. The molecule has 0 radical (unpaired) electrons. The number of carboxylic acids is 1. The second kappa shape index (κ2) is 8.38. The number of ether oxygens (including phenoxy) is 1. The quantitative estimate of drug-likeness (QED) is 0.409. The van der Waals surface area contributed by atoms with E-state index in [1.165, 1.54) is 12.7 Å². The number of rotatable bonds is 5. The number of carbonyl (C=O) groups excluding carboxylic acids is 3. The summed E-state index contributed by atoms with van der Waals surface area (Å²) in [6.07, 6.45) is 0.539. The molecule has 2 fully saturated rings. The molecule has 4 N–H and O–H groups in total. The van der Waals surface area contributed by atoms with Crippen LogP contribution in [0.25, 0.3) is 0 Å². The molecule has 10 nitrogen and oxygen atoms in total. The largest absolute Gasteiger partial charge is 0.480 e. The molecule has 2 heterocycles. The SMILES string of the molecule is BC(NC(=O)OC(C)(C)C)C(=O)N[C@@H]1C(=O)N2C(CC[C@H]2C(=O)O)C[C@@H]1CO. The Labute approximate surface area is 164 Å². The third-order valence-electron chi connectivity index (χ3n) is 5.01. The molecule has 2 aliphatic heterocycles. The van der Waals surface area contributed by atoms with Crippen LogP contribution in [-0.2, 0) is 19.1 Å². The first-order chi connectivity index (χ1) is 12.9. The highest BCUT2D eigenvalue weighted by atomic mass is 16.6. The molecule has 3 amide bonds. The Balaban J connectivity index is 2.05. The summed E-state index contributed by atoms with van der Waals surface area (Å²) >= 11 is 0. The summed E-state index contributed by atoms with van der Waals surface area (Å²) in [5.41, 5.74) is -0.724. The van der Waals surface area contributed by atoms with Gasteiger partial charge in [-0.3, -0.25) is 9.59 Å². The molecular formula is C17H28BN3O7. The van der Waals surface area contributed by atoms with Crippen molar-refractivity contribution < 1.29 is 34.1 Å².